The number of nitriles is 1. The quantitative estimate of drug-likeness (QED) is 0.302. The number of allylic oxidation sites excluding steroid dienone is 3. The second kappa shape index (κ2) is 11.2. The molecule has 2 N–H and O–H groups in total. The molecule has 5 rings (SSSR count). The number of rotatable bonds is 5. The number of carbonyl (C=O) groups excluding carboxylic acids is 1. The lowest BCUT2D eigenvalue weighted by molar-refractivity contribution is -0.137. The maximum Gasteiger partial charge on any atom is 0.416 e. The number of nitrogens with two attached hydrogens (primary N) is 1. The van der Waals surface area contributed by atoms with Crippen molar-refractivity contribution in [2.45, 2.75) is 51.8 Å². The molecule has 1 atom stereocenters. The molecular formula is C32H26ClF4N3O2. The van der Waals surface area contributed by atoms with E-state index in [0.29, 0.717) is 35.4 Å². The lowest BCUT2D eigenvalue weighted by atomic mass is 9.74. The third-order valence-corrected chi connectivity index (χ3v) is 7.95. The highest BCUT2D eigenvalue weighted by molar-refractivity contribution is 6.32. The van der Waals surface area contributed by atoms with Crippen molar-refractivity contribution in [3.05, 3.63) is 116 Å². The number of Topliss-reactive ketones (excluding diaryl/α,β-unsaturated/α-hetero) is 1. The molecule has 5 nitrogen and oxygen atoms in total. The number of nitrogens with zero attached hydrogens (tertiary/aromatic N) is 2. The van der Waals surface area contributed by atoms with Crippen LogP contribution in [-0.4, -0.2) is 5.78 Å². The normalized spacial score (nSPS) is 17.3. The van der Waals surface area contributed by atoms with Crippen LogP contribution in [0.2, 0.25) is 5.02 Å². The van der Waals surface area contributed by atoms with E-state index in [-0.39, 0.29) is 40.9 Å². The zero-order chi connectivity index (χ0) is 30.3. The monoisotopic (exact) mass is 595 g/mol. The zero-order valence-corrected chi connectivity index (χ0v) is 23.5. The van der Waals surface area contributed by atoms with Crippen molar-refractivity contribution >= 4 is 23.1 Å². The number of halogens is 5. The molecule has 0 bridgehead atoms. The second-order valence-electron chi connectivity index (χ2n) is 10.4. The molecule has 10 heteroatoms. The molecule has 3 aromatic rings. The van der Waals surface area contributed by atoms with Crippen molar-refractivity contribution in [1.29, 1.82) is 5.26 Å². The number of ketones is 1. The molecule has 1 aliphatic heterocycles. The molecule has 0 radical (unpaired) electrons. The Kier molecular flexibility index (Phi) is 7.78. The number of ether oxygens (including phenoxy) is 1. The minimum atomic E-state index is -4.58. The lowest BCUT2D eigenvalue weighted by Crippen LogP contribution is -2.39. The van der Waals surface area contributed by atoms with Gasteiger partial charge in [0.05, 0.1) is 28.1 Å². The molecule has 1 heterocycles. The maximum atomic E-state index is 13.6. The predicted octanol–water partition coefficient (Wildman–Crippen LogP) is 8.00. The first kappa shape index (κ1) is 29.2. The summed E-state index contributed by atoms with van der Waals surface area (Å²) in [6.45, 7) is 3.83. The fraction of sp³-hybridized carbons (Fsp3) is 0.250. The van der Waals surface area contributed by atoms with E-state index >= 15 is 0 Å². The summed E-state index contributed by atoms with van der Waals surface area (Å²) < 4.78 is 60.1. The van der Waals surface area contributed by atoms with Crippen LogP contribution in [0.5, 0.6) is 5.75 Å². The van der Waals surface area contributed by atoms with Crippen molar-refractivity contribution in [2.75, 3.05) is 4.90 Å². The first-order chi connectivity index (χ1) is 19.9. The maximum absolute atomic E-state index is 13.6. The molecule has 0 aromatic heterocycles. The Bertz CT molecular complexity index is 1700. The standard InChI is InChI=1S/C32H26ClF4N3O2/c1-17-11-18(2)23(12-19(17)16-42-28-10-9-21(34)14-25(28)33)29-24(15-38)31(39)40(26-7-4-8-27(41)30(26)29)22-6-3-5-20(13-22)32(35,36)37/h3,5-6,9-14,29H,4,7-8,16,39H2,1-2H3. The van der Waals surface area contributed by atoms with E-state index in [0.717, 1.165) is 34.9 Å². The lowest BCUT2D eigenvalue weighted by Gasteiger charge is -2.40. The fourth-order valence-corrected chi connectivity index (χ4v) is 5.87. The average molecular weight is 596 g/mol. The number of hydrogen-bond donors (Lipinski definition) is 1. The van der Waals surface area contributed by atoms with Gasteiger partial charge in [-0.2, -0.15) is 18.4 Å². The molecule has 0 saturated heterocycles. The minimum Gasteiger partial charge on any atom is -0.487 e. The molecule has 0 amide bonds. The number of alkyl halides is 3. The summed E-state index contributed by atoms with van der Waals surface area (Å²) in [7, 11) is 0. The van der Waals surface area contributed by atoms with Crippen LogP contribution in [0, 0.1) is 31.0 Å². The SMILES string of the molecule is Cc1cc(C)c(C2C(C#N)=C(N)N(c3cccc(C(F)(F)F)c3)C3=C2C(=O)CCC3)cc1COc1ccc(F)cc1Cl. The van der Waals surface area contributed by atoms with Gasteiger partial charge in [0.25, 0.3) is 0 Å². The van der Waals surface area contributed by atoms with E-state index in [1.165, 1.54) is 29.2 Å². The third kappa shape index (κ3) is 5.35. The molecule has 2 aliphatic rings. The van der Waals surface area contributed by atoms with E-state index in [2.05, 4.69) is 6.07 Å². The van der Waals surface area contributed by atoms with Crippen molar-refractivity contribution in [2.24, 2.45) is 5.73 Å². The van der Waals surface area contributed by atoms with Crippen molar-refractivity contribution in [3.63, 3.8) is 0 Å². The van der Waals surface area contributed by atoms with Crippen LogP contribution in [0.15, 0.2) is 77.3 Å². The Morgan fingerprint density at radius 3 is 2.55 bits per heavy atom. The largest absolute Gasteiger partial charge is 0.487 e. The Hall–Kier alpha value is -4.29. The number of anilines is 1. The topological polar surface area (TPSA) is 79.4 Å². The van der Waals surface area contributed by atoms with Crippen LogP contribution in [0.4, 0.5) is 23.2 Å². The van der Waals surface area contributed by atoms with Gasteiger partial charge in [-0.15, -0.1) is 0 Å². The molecule has 1 unspecified atom stereocenters. The molecule has 216 valence electrons. The van der Waals surface area contributed by atoms with Crippen LogP contribution in [0.1, 0.15) is 53.0 Å². The Balaban J connectivity index is 1.63. The van der Waals surface area contributed by atoms with Gasteiger partial charge in [0.1, 0.15) is 24.0 Å². The number of aryl methyl sites for hydroxylation is 2. The van der Waals surface area contributed by atoms with Crippen molar-refractivity contribution < 1.29 is 27.1 Å². The average Bonchev–Trinajstić information content (AvgIpc) is 2.93. The van der Waals surface area contributed by atoms with Gasteiger partial charge >= 0.3 is 6.18 Å². The highest BCUT2D eigenvalue weighted by Crippen LogP contribution is 2.48. The van der Waals surface area contributed by atoms with Gasteiger partial charge in [-0.05, 0) is 85.3 Å². The van der Waals surface area contributed by atoms with Gasteiger partial charge in [0.2, 0.25) is 0 Å². The fourth-order valence-electron chi connectivity index (χ4n) is 5.64. The summed E-state index contributed by atoms with van der Waals surface area (Å²) in [5.74, 6) is -1.22. The van der Waals surface area contributed by atoms with Crippen LogP contribution >= 0.6 is 11.6 Å². The summed E-state index contributed by atoms with van der Waals surface area (Å²) in [6, 6.07) is 14.4. The molecular weight excluding hydrogens is 570 g/mol. The first-order valence-electron chi connectivity index (χ1n) is 13.2. The second-order valence-corrected chi connectivity index (χ2v) is 10.8. The van der Waals surface area contributed by atoms with E-state index in [4.69, 9.17) is 22.1 Å². The minimum absolute atomic E-state index is 0.0221. The van der Waals surface area contributed by atoms with Gasteiger partial charge in [0.15, 0.2) is 5.78 Å². The highest BCUT2D eigenvalue weighted by Gasteiger charge is 2.41. The van der Waals surface area contributed by atoms with Crippen molar-refractivity contribution in [3.8, 4) is 11.8 Å². The number of hydrogen-bond acceptors (Lipinski definition) is 5. The summed E-state index contributed by atoms with van der Waals surface area (Å²) in [4.78, 5) is 14.9. The van der Waals surface area contributed by atoms with Crippen LogP contribution in [0.25, 0.3) is 0 Å². The summed E-state index contributed by atoms with van der Waals surface area (Å²) in [5.41, 5.74) is 9.85. The van der Waals surface area contributed by atoms with Gasteiger partial charge in [-0.3, -0.25) is 9.69 Å². The molecule has 3 aromatic carbocycles. The summed E-state index contributed by atoms with van der Waals surface area (Å²) in [5, 5.41) is 10.5. The highest BCUT2D eigenvalue weighted by atomic mass is 35.5. The first-order valence-corrected chi connectivity index (χ1v) is 13.6. The van der Waals surface area contributed by atoms with E-state index in [1.807, 2.05) is 26.0 Å². The van der Waals surface area contributed by atoms with E-state index < -0.39 is 23.5 Å². The number of carbonyl (C=O) groups is 1. The zero-order valence-electron chi connectivity index (χ0n) is 22.8. The summed E-state index contributed by atoms with van der Waals surface area (Å²) in [6.07, 6.45) is -3.44. The molecule has 0 fully saturated rings. The van der Waals surface area contributed by atoms with Gasteiger partial charge in [-0.1, -0.05) is 29.8 Å². The van der Waals surface area contributed by atoms with Crippen LogP contribution in [0.3, 0.4) is 0 Å². The van der Waals surface area contributed by atoms with Crippen molar-refractivity contribution in [1.82, 2.24) is 0 Å². The Morgan fingerprint density at radius 1 is 1.10 bits per heavy atom. The third-order valence-electron chi connectivity index (χ3n) is 7.66. The smallest absolute Gasteiger partial charge is 0.416 e. The summed E-state index contributed by atoms with van der Waals surface area (Å²) >= 11 is 6.13. The Labute approximate surface area is 245 Å². The molecule has 42 heavy (non-hydrogen) atoms. The number of benzene rings is 3. The molecule has 1 aliphatic carbocycles. The van der Waals surface area contributed by atoms with Crippen LogP contribution < -0.4 is 15.4 Å². The van der Waals surface area contributed by atoms with Crippen LogP contribution in [-0.2, 0) is 17.6 Å². The van der Waals surface area contributed by atoms with Gasteiger partial charge < -0.3 is 10.5 Å². The molecule has 0 saturated carbocycles. The van der Waals surface area contributed by atoms with Gasteiger partial charge in [0, 0.05) is 23.4 Å². The predicted molar refractivity (Wildman–Crippen MR) is 151 cm³/mol. The molecule has 0 spiro atoms. The Morgan fingerprint density at radius 2 is 1.86 bits per heavy atom. The van der Waals surface area contributed by atoms with E-state index in [1.54, 1.807) is 0 Å². The van der Waals surface area contributed by atoms with E-state index in [9.17, 15) is 27.6 Å². The van der Waals surface area contributed by atoms with Gasteiger partial charge in [-0.25, -0.2) is 4.39 Å².